The molecule has 1 fully saturated rings. The molecular weight excluding hydrogens is 468 g/mol. The molecule has 0 spiro atoms. The molecule has 10 heteroatoms. The van der Waals surface area contributed by atoms with Gasteiger partial charge in [-0.2, -0.15) is 4.31 Å². The van der Waals surface area contributed by atoms with Crippen LogP contribution in [0.25, 0.3) is 0 Å². The first-order valence-electron chi connectivity index (χ1n) is 8.94. The van der Waals surface area contributed by atoms with Crippen molar-refractivity contribution in [3.63, 3.8) is 0 Å². The average molecular weight is 488 g/mol. The molecule has 1 heterocycles. The summed E-state index contributed by atoms with van der Waals surface area (Å²) in [4.78, 5) is 13.3. The van der Waals surface area contributed by atoms with E-state index in [1.54, 1.807) is 0 Å². The number of benzene rings is 2. The number of amides is 2. The summed E-state index contributed by atoms with van der Waals surface area (Å²) in [5.41, 5.74) is 0.935. The average Bonchev–Trinajstić information content (AvgIpc) is 2.70. The predicted octanol–water partition coefficient (Wildman–Crippen LogP) is 3.50. The highest BCUT2D eigenvalue weighted by atomic mass is 79.9. The molecule has 2 amide bonds. The number of nitrogens with zero attached hydrogens (tertiary/aromatic N) is 2. The highest BCUT2D eigenvalue weighted by Gasteiger charge is 2.32. The van der Waals surface area contributed by atoms with Crippen LogP contribution in [0.4, 0.5) is 13.6 Å². The summed E-state index contributed by atoms with van der Waals surface area (Å²) in [6, 6.07) is 9.34. The molecule has 0 aromatic heterocycles. The maximum absolute atomic E-state index is 13.9. The minimum atomic E-state index is -4.18. The first-order valence-corrected chi connectivity index (χ1v) is 11.2. The third-order valence-electron chi connectivity index (χ3n) is 4.75. The van der Waals surface area contributed by atoms with Gasteiger partial charge in [-0.25, -0.2) is 22.0 Å². The summed E-state index contributed by atoms with van der Waals surface area (Å²) in [6.45, 7) is 2.15. The third-order valence-corrected chi connectivity index (χ3v) is 7.19. The lowest BCUT2D eigenvalue weighted by Crippen LogP contribution is -2.53. The normalized spacial score (nSPS) is 16.5. The van der Waals surface area contributed by atoms with Gasteiger partial charge in [-0.1, -0.05) is 28.1 Å². The van der Waals surface area contributed by atoms with E-state index in [1.807, 2.05) is 31.2 Å². The smallest absolute Gasteiger partial charge is 0.317 e. The number of hydrogen-bond acceptors (Lipinski definition) is 3. The van der Waals surface area contributed by atoms with Crippen LogP contribution >= 0.6 is 15.9 Å². The Morgan fingerprint density at radius 3 is 2.31 bits per heavy atom. The van der Waals surface area contributed by atoms with E-state index < -0.39 is 26.6 Å². The standard InChI is InChI=1S/C19H20BrF2N3O3S/c1-13(14-2-4-15(20)5-3-14)23-19(26)24-8-10-25(11-9-24)29(27,28)18-12-16(21)6-7-17(18)22/h2-7,12-13H,8-11H2,1H3,(H,23,26). The molecule has 1 N–H and O–H groups in total. The predicted molar refractivity (Wildman–Crippen MR) is 108 cm³/mol. The lowest BCUT2D eigenvalue weighted by molar-refractivity contribution is 0.169. The van der Waals surface area contributed by atoms with Crippen LogP contribution < -0.4 is 5.32 Å². The number of carbonyl (C=O) groups excluding carboxylic acids is 1. The van der Waals surface area contributed by atoms with Crippen LogP contribution in [0.2, 0.25) is 0 Å². The van der Waals surface area contributed by atoms with Gasteiger partial charge in [0.15, 0.2) is 0 Å². The molecule has 0 aliphatic carbocycles. The molecule has 0 bridgehead atoms. The molecule has 6 nitrogen and oxygen atoms in total. The van der Waals surface area contributed by atoms with Crippen LogP contribution in [0.5, 0.6) is 0 Å². The van der Waals surface area contributed by atoms with E-state index in [9.17, 15) is 22.0 Å². The molecule has 156 valence electrons. The van der Waals surface area contributed by atoms with Crippen LogP contribution in [0.3, 0.4) is 0 Å². The number of rotatable bonds is 4. The first kappa shape index (κ1) is 21.7. The zero-order valence-electron chi connectivity index (χ0n) is 15.6. The number of hydrogen-bond donors (Lipinski definition) is 1. The Labute approximate surface area is 176 Å². The summed E-state index contributed by atoms with van der Waals surface area (Å²) < 4.78 is 54.5. The summed E-state index contributed by atoms with van der Waals surface area (Å²) in [6.07, 6.45) is 0. The van der Waals surface area contributed by atoms with Crippen molar-refractivity contribution in [2.75, 3.05) is 26.2 Å². The Hall–Kier alpha value is -2.04. The van der Waals surface area contributed by atoms with E-state index in [1.165, 1.54) is 4.90 Å². The van der Waals surface area contributed by atoms with Crippen molar-refractivity contribution in [3.8, 4) is 0 Å². The number of carbonyl (C=O) groups is 1. The van der Waals surface area contributed by atoms with Crippen molar-refractivity contribution in [1.82, 2.24) is 14.5 Å². The quantitative estimate of drug-likeness (QED) is 0.717. The van der Waals surface area contributed by atoms with Gasteiger partial charge in [-0.3, -0.25) is 0 Å². The number of nitrogens with one attached hydrogen (secondary N) is 1. The number of urea groups is 1. The monoisotopic (exact) mass is 487 g/mol. The van der Waals surface area contributed by atoms with Crippen molar-refractivity contribution in [2.45, 2.75) is 17.9 Å². The van der Waals surface area contributed by atoms with Crippen LogP contribution in [0, 0.1) is 11.6 Å². The van der Waals surface area contributed by atoms with Crippen molar-refractivity contribution in [3.05, 3.63) is 64.1 Å². The summed E-state index contributed by atoms with van der Waals surface area (Å²) in [5.74, 6) is -1.83. The topological polar surface area (TPSA) is 69.7 Å². The van der Waals surface area contributed by atoms with Gasteiger partial charge in [0, 0.05) is 30.7 Å². The second-order valence-electron chi connectivity index (χ2n) is 6.69. The molecule has 2 aromatic rings. The van der Waals surface area contributed by atoms with E-state index in [0.29, 0.717) is 6.07 Å². The second-order valence-corrected chi connectivity index (χ2v) is 9.51. The lowest BCUT2D eigenvalue weighted by atomic mass is 10.1. The van der Waals surface area contributed by atoms with Crippen molar-refractivity contribution < 1.29 is 22.0 Å². The van der Waals surface area contributed by atoms with E-state index in [2.05, 4.69) is 21.2 Å². The first-order chi connectivity index (χ1) is 13.7. The minimum Gasteiger partial charge on any atom is -0.331 e. The molecule has 1 aliphatic rings. The van der Waals surface area contributed by atoms with Gasteiger partial charge >= 0.3 is 6.03 Å². The van der Waals surface area contributed by atoms with E-state index in [0.717, 1.165) is 26.5 Å². The Morgan fingerprint density at radius 2 is 1.69 bits per heavy atom. The molecule has 0 saturated carbocycles. The van der Waals surface area contributed by atoms with Crippen molar-refractivity contribution >= 4 is 32.0 Å². The Bertz CT molecular complexity index is 994. The highest BCUT2D eigenvalue weighted by molar-refractivity contribution is 9.10. The van der Waals surface area contributed by atoms with Crippen LogP contribution in [-0.2, 0) is 10.0 Å². The fourth-order valence-corrected chi connectivity index (χ4v) is 4.82. The molecule has 1 unspecified atom stereocenters. The summed E-state index contributed by atoms with van der Waals surface area (Å²) >= 11 is 3.36. The minimum absolute atomic E-state index is 0.00162. The fraction of sp³-hybridized carbons (Fsp3) is 0.316. The van der Waals surface area contributed by atoms with Crippen molar-refractivity contribution in [1.29, 1.82) is 0 Å². The van der Waals surface area contributed by atoms with Gasteiger partial charge in [0.25, 0.3) is 0 Å². The number of halogens is 3. The van der Waals surface area contributed by atoms with E-state index in [-0.39, 0.29) is 38.3 Å². The van der Waals surface area contributed by atoms with Gasteiger partial charge in [-0.15, -0.1) is 0 Å². The number of piperazine rings is 1. The molecule has 1 saturated heterocycles. The van der Waals surface area contributed by atoms with Crippen LogP contribution in [0.1, 0.15) is 18.5 Å². The van der Waals surface area contributed by atoms with Gasteiger partial charge < -0.3 is 10.2 Å². The van der Waals surface area contributed by atoms with E-state index >= 15 is 0 Å². The second kappa shape index (κ2) is 8.76. The third kappa shape index (κ3) is 4.93. The summed E-state index contributed by atoms with van der Waals surface area (Å²) in [5, 5.41) is 2.88. The summed E-state index contributed by atoms with van der Waals surface area (Å²) in [7, 11) is -4.18. The largest absolute Gasteiger partial charge is 0.331 e. The zero-order valence-corrected chi connectivity index (χ0v) is 18.0. The molecule has 0 radical (unpaired) electrons. The Kier molecular flexibility index (Phi) is 6.55. The van der Waals surface area contributed by atoms with E-state index in [4.69, 9.17) is 0 Å². The van der Waals surface area contributed by atoms with Crippen LogP contribution in [0.15, 0.2) is 51.8 Å². The van der Waals surface area contributed by atoms with Gasteiger partial charge in [0.1, 0.15) is 16.5 Å². The Balaban J connectivity index is 1.61. The molecular formula is C19H20BrF2N3O3S. The maximum Gasteiger partial charge on any atom is 0.317 e. The lowest BCUT2D eigenvalue weighted by Gasteiger charge is -2.34. The van der Waals surface area contributed by atoms with Gasteiger partial charge in [-0.05, 0) is 42.8 Å². The van der Waals surface area contributed by atoms with Gasteiger partial charge in [0.05, 0.1) is 6.04 Å². The maximum atomic E-state index is 13.9. The SMILES string of the molecule is CC(NC(=O)N1CCN(S(=O)(=O)c2cc(F)ccc2F)CC1)c1ccc(Br)cc1. The zero-order chi connectivity index (χ0) is 21.2. The Morgan fingerprint density at radius 1 is 1.07 bits per heavy atom. The molecule has 2 aromatic carbocycles. The highest BCUT2D eigenvalue weighted by Crippen LogP contribution is 2.22. The molecule has 3 rings (SSSR count). The molecule has 29 heavy (non-hydrogen) atoms. The van der Waals surface area contributed by atoms with Gasteiger partial charge in [0.2, 0.25) is 10.0 Å². The number of sulfonamides is 1. The molecule has 1 atom stereocenters. The van der Waals surface area contributed by atoms with Crippen molar-refractivity contribution in [2.24, 2.45) is 0 Å². The van der Waals surface area contributed by atoms with Crippen LogP contribution in [-0.4, -0.2) is 49.8 Å². The molecule has 1 aliphatic heterocycles. The fourth-order valence-electron chi connectivity index (χ4n) is 3.06.